The summed E-state index contributed by atoms with van der Waals surface area (Å²) in [5.41, 5.74) is 0. The van der Waals surface area contributed by atoms with Crippen molar-refractivity contribution < 1.29 is 9.90 Å². The summed E-state index contributed by atoms with van der Waals surface area (Å²) >= 11 is 0. The minimum atomic E-state index is -0.829. The van der Waals surface area contributed by atoms with Gasteiger partial charge in [0.2, 0.25) is 0 Å². The molecule has 0 aromatic carbocycles. The van der Waals surface area contributed by atoms with Crippen molar-refractivity contribution in [2.24, 2.45) is 11.8 Å². The summed E-state index contributed by atoms with van der Waals surface area (Å²) in [6.07, 6.45) is 4.90. The van der Waals surface area contributed by atoms with Gasteiger partial charge in [-0.2, -0.15) is 0 Å². The fraction of sp³-hybridized carbons (Fsp3) is 0.462. The summed E-state index contributed by atoms with van der Waals surface area (Å²) in [5.74, 6) is 10.6. The van der Waals surface area contributed by atoms with Crippen LogP contribution in [0.1, 0.15) is 19.3 Å². The molecule has 2 nitrogen and oxygen atoms in total. The Bertz CT molecular complexity index is 411. The predicted octanol–water partition coefficient (Wildman–Crippen LogP) is 0.909. The molecule has 1 N–H and O–H groups in total. The summed E-state index contributed by atoms with van der Waals surface area (Å²) in [6, 6.07) is 0. The Hall–Kier alpha value is -1.51. The first kappa shape index (κ1) is 10.0. The number of carbonyl (C=O) groups excluding carboxylic acids is 1. The highest BCUT2D eigenvalue weighted by Crippen LogP contribution is 2.27. The molecule has 0 aromatic rings. The maximum Gasteiger partial charge on any atom is 0.154 e. The Balaban J connectivity index is 2.34. The van der Waals surface area contributed by atoms with E-state index in [1.165, 1.54) is 0 Å². The molecule has 0 heterocycles. The van der Waals surface area contributed by atoms with E-state index in [1.54, 1.807) is 12.2 Å². The van der Waals surface area contributed by atoms with E-state index in [1.807, 2.05) is 0 Å². The lowest BCUT2D eigenvalue weighted by molar-refractivity contribution is -0.129. The van der Waals surface area contributed by atoms with Gasteiger partial charge in [-0.15, -0.1) is 0 Å². The van der Waals surface area contributed by atoms with Crippen LogP contribution in [0, 0.1) is 35.5 Å². The predicted molar refractivity (Wildman–Crippen MR) is 56.5 cm³/mol. The third-order valence-corrected chi connectivity index (χ3v) is 2.84. The van der Waals surface area contributed by atoms with Gasteiger partial charge < -0.3 is 5.11 Å². The average Bonchev–Trinajstić information content (AvgIpc) is 2.23. The number of aliphatic hydroxyl groups excluding tert-OH is 1. The fourth-order valence-electron chi connectivity index (χ4n) is 2.01. The normalized spacial score (nSPS) is 35.5. The largest absolute Gasteiger partial charge is 0.380 e. The van der Waals surface area contributed by atoms with E-state index in [9.17, 15) is 9.90 Å². The van der Waals surface area contributed by atoms with E-state index in [0.29, 0.717) is 0 Å². The van der Waals surface area contributed by atoms with Crippen molar-refractivity contribution in [2.45, 2.75) is 25.4 Å². The molecule has 0 aliphatic heterocycles. The van der Waals surface area contributed by atoms with Gasteiger partial charge in [0.1, 0.15) is 6.10 Å². The molecule has 0 radical (unpaired) electrons. The number of hydrogen-bond acceptors (Lipinski definition) is 2. The zero-order valence-corrected chi connectivity index (χ0v) is 8.36. The maximum atomic E-state index is 11.9. The number of aliphatic hydroxyl groups is 1. The number of fused-ring (bicyclic) bond motifs is 2. The highest BCUT2D eigenvalue weighted by atomic mass is 16.3. The summed E-state index contributed by atoms with van der Waals surface area (Å²) in [7, 11) is 0. The third kappa shape index (κ3) is 2.12. The van der Waals surface area contributed by atoms with Gasteiger partial charge in [0.15, 0.2) is 5.78 Å². The molecule has 2 aliphatic carbocycles. The zero-order valence-electron chi connectivity index (χ0n) is 8.36. The molecule has 0 amide bonds. The van der Waals surface area contributed by atoms with Crippen LogP contribution in [0.25, 0.3) is 0 Å². The Morgan fingerprint density at radius 1 is 1.20 bits per heavy atom. The topological polar surface area (TPSA) is 37.3 Å². The van der Waals surface area contributed by atoms with Gasteiger partial charge in [-0.05, 0) is 25.0 Å². The number of allylic oxidation sites excluding steroid dienone is 2. The molecule has 76 valence electrons. The quantitative estimate of drug-likeness (QED) is 0.590. The second-order valence-corrected chi connectivity index (χ2v) is 3.85. The number of carbonyl (C=O) groups is 1. The van der Waals surface area contributed by atoms with E-state index >= 15 is 0 Å². The second-order valence-electron chi connectivity index (χ2n) is 3.85. The lowest BCUT2D eigenvalue weighted by Crippen LogP contribution is -2.35. The standard InChI is InChI=1S/C13H12O2/c14-12-9-4-2-1-3-6-10-7-5-8-11(12)13(10)15/h1-2,10-12,14H,5,7-8H2/b2-1+. The highest BCUT2D eigenvalue weighted by Gasteiger charge is 2.34. The van der Waals surface area contributed by atoms with E-state index in [0.717, 1.165) is 19.3 Å². The van der Waals surface area contributed by atoms with Gasteiger partial charge in [-0.1, -0.05) is 30.1 Å². The van der Waals surface area contributed by atoms with Crippen molar-refractivity contribution in [3.05, 3.63) is 12.2 Å². The summed E-state index contributed by atoms with van der Waals surface area (Å²) in [5, 5.41) is 9.74. The van der Waals surface area contributed by atoms with Crippen LogP contribution in [-0.2, 0) is 4.79 Å². The first-order valence-corrected chi connectivity index (χ1v) is 5.18. The SMILES string of the molecule is O=C1C2C#C/C=C/C#CC(O)C1CCC2. The Morgan fingerprint density at radius 3 is 2.73 bits per heavy atom. The van der Waals surface area contributed by atoms with Crippen molar-refractivity contribution in [3.63, 3.8) is 0 Å². The molecule has 2 aliphatic rings. The van der Waals surface area contributed by atoms with Gasteiger partial charge in [-0.25, -0.2) is 0 Å². The molecule has 2 heteroatoms. The van der Waals surface area contributed by atoms with Crippen molar-refractivity contribution in [3.8, 4) is 23.7 Å². The molecule has 2 rings (SSSR count). The van der Waals surface area contributed by atoms with Crippen LogP contribution in [0.15, 0.2) is 12.2 Å². The van der Waals surface area contributed by atoms with Gasteiger partial charge in [0.25, 0.3) is 0 Å². The Morgan fingerprint density at radius 2 is 1.93 bits per heavy atom. The molecule has 0 saturated heterocycles. The fourth-order valence-corrected chi connectivity index (χ4v) is 2.01. The van der Waals surface area contributed by atoms with E-state index in [-0.39, 0.29) is 17.6 Å². The van der Waals surface area contributed by atoms with Gasteiger partial charge in [0.05, 0.1) is 11.8 Å². The Kier molecular flexibility index (Phi) is 2.90. The first-order valence-electron chi connectivity index (χ1n) is 5.18. The second kappa shape index (κ2) is 4.34. The summed E-state index contributed by atoms with van der Waals surface area (Å²) < 4.78 is 0. The monoisotopic (exact) mass is 200 g/mol. The van der Waals surface area contributed by atoms with E-state index in [4.69, 9.17) is 0 Å². The van der Waals surface area contributed by atoms with Gasteiger partial charge >= 0.3 is 0 Å². The molecular formula is C13H12O2. The van der Waals surface area contributed by atoms with Crippen LogP contribution in [0.3, 0.4) is 0 Å². The van der Waals surface area contributed by atoms with Crippen LogP contribution >= 0.6 is 0 Å². The molecule has 1 fully saturated rings. The minimum Gasteiger partial charge on any atom is -0.380 e. The van der Waals surface area contributed by atoms with Crippen LogP contribution < -0.4 is 0 Å². The Labute approximate surface area is 89.4 Å². The van der Waals surface area contributed by atoms with E-state index in [2.05, 4.69) is 23.7 Å². The molecule has 3 unspecified atom stereocenters. The van der Waals surface area contributed by atoms with Crippen molar-refractivity contribution >= 4 is 5.78 Å². The third-order valence-electron chi connectivity index (χ3n) is 2.84. The molecule has 15 heavy (non-hydrogen) atoms. The van der Waals surface area contributed by atoms with E-state index < -0.39 is 6.10 Å². The van der Waals surface area contributed by atoms with Crippen molar-refractivity contribution in [1.29, 1.82) is 0 Å². The molecule has 2 bridgehead atoms. The summed E-state index contributed by atoms with van der Waals surface area (Å²) in [4.78, 5) is 11.9. The molecule has 1 saturated carbocycles. The van der Waals surface area contributed by atoms with Crippen LogP contribution in [0.4, 0.5) is 0 Å². The van der Waals surface area contributed by atoms with Crippen LogP contribution in [-0.4, -0.2) is 17.0 Å². The lowest BCUT2D eigenvalue weighted by atomic mass is 9.77. The van der Waals surface area contributed by atoms with Crippen LogP contribution in [0.2, 0.25) is 0 Å². The molecule has 0 spiro atoms. The average molecular weight is 200 g/mol. The number of rotatable bonds is 0. The first-order chi connectivity index (χ1) is 7.29. The molecule has 0 aromatic heterocycles. The number of Topliss-reactive ketones (excluding diaryl/α,β-unsaturated/α-hetero) is 1. The van der Waals surface area contributed by atoms with Crippen molar-refractivity contribution in [2.75, 3.05) is 0 Å². The van der Waals surface area contributed by atoms with Crippen LogP contribution in [0.5, 0.6) is 0 Å². The number of hydrogen-bond donors (Lipinski definition) is 1. The molecule has 3 atom stereocenters. The minimum absolute atomic E-state index is 0.0610. The smallest absolute Gasteiger partial charge is 0.154 e. The highest BCUT2D eigenvalue weighted by molar-refractivity contribution is 5.87. The van der Waals surface area contributed by atoms with Gasteiger partial charge in [-0.3, -0.25) is 4.79 Å². The lowest BCUT2D eigenvalue weighted by Gasteiger charge is -2.26. The molecular weight excluding hydrogens is 188 g/mol. The zero-order chi connectivity index (χ0) is 10.7. The number of ketones is 1. The van der Waals surface area contributed by atoms with Crippen molar-refractivity contribution in [1.82, 2.24) is 0 Å². The summed E-state index contributed by atoms with van der Waals surface area (Å²) in [6.45, 7) is 0. The van der Waals surface area contributed by atoms with Gasteiger partial charge in [0, 0.05) is 0 Å². The maximum absolute atomic E-state index is 11.9.